The smallest absolute Gasteiger partial charge is 0.455 e. The van der Waals surface area contributed by atoms with E-state index < -0.39 is 22.9 Å². The lowest BCUT2D eigenvalue weighted by Crippen LogP contribution is -2.29. The molecule has 1 saturated carbocycles. The first-order valence-corrected chi connectivity index (χ1v) is 10.7. The van der Waals surface area contributed by atoms with Gasteiger partial charge in [0.15, 0.2) is 0 Å². The number of carbonyl (C=O) groups excluding carboxylic acids is 1. The van der Waals surface area contributed by atoms with Crippen molar-refractivity contribution in [2.45, 2.75) is 70.7 Å². The van der Waals surface area contributed by atoms with Crippen LogP contribution in [-0.2, 0) is 9.53 Å². The quantitative estimate of drug-likeness (QED) is 0.174. The summed E-state index contributed by atoms with van der Waals surface area (Å²) >= 11 is -0.628. The molecule has 0 aromatic heterocycles. The average Bonchev–Trinajstić information content (AvgIpc) is 3.28. The number of fused-ring (bicyclic) bond motifs is 1. The molecule has 0 amide bonds. The van der Waals surface area contributed by atoms with E-state index in [1.807, 2.05) is 6.92 Å². The molecule has 160 valence electrons. The van der Waals surface area contributed by atoms with Gasteiger partial charge in [0.05, 0.1) is 12.0 Å². The van der Waals surface area contributed by atoms with E-state index >= 15 is 0 Å². The summed E-state index contributed by atoms with van der Waals surface area (Å²) in [5, 5.41) is 11.0. The first kappa shape index (κ1) is 23.3. The number of allylic oxidation sites excluding steroid dienone is 3. The number of unbranched alkanes of at least 4 members (excludes halogenated alkanes) is 5. The summed E-state index contributed by atoms with van der Waals surface area (Å²) in [6.45, 7) is 4.35. The number of rotatable bonds is 11. The van der Waals surface area contributed by atoms with Gasteiger partial charge >= 0.3 is 11.5 Å². The summed E-state index contributed by atoms with van der Waals surface area (Å²) in [6, 6.07) is 0. The van der Waals surface area contributed by atoms with E-state index in [0.29, 0.717) is 18.9 Å². The molecule has 0 aliphatic heterocycles. The minimum atomic E-state index is -4.51. The number of nitrogens with zero attached hydrogens (tertiary/aromatic N) is 1. The molecule has 0 spiro atoms. The summed E-state index contributed by atoms with van der Waals surface area (Å²) < 4.78 is 41.5. The van der Waals surface area contributed by atoms with Crippen molar-refractivity contribution in [1.82, 2.24) is 4.47 Å². The number of alkyl halides is 3. The number of hydrogen-bond acceptors (Lipinski definition) is 5. The molecule has 0 aromatic carbocycles. The van der Waals surface area contributed by atoms with Crippen LogP contribution in [0.15, 0.2) is 23.3 Å². The Kier molecular flexibility index (Phi) is 8.45. The lowest BCUT2D eigenvalue weighted by molar-refractivity contribution is -0.153. The van der Waals surface area contributed by atoms with E-state index in [2.05, 4.69) is 19.1 Å². The predicted octanol–water partition coefficient (Wildman–Crippen LogP) is 6.14. The average molecular weight is 421 g/mol. The van der Waals surface area contributed by atoms with Gasteiger partial charge in [0.25, 0.3) is 0 Å². The van der Waals surface area contributed by atoms with Gasteiger partial charge in [-0.2, -0.15) is 13.2 Å². The molecule has 2 aliphatic rings. The van der Waals surface area contributed by atoms with Crippen LogP contribution in [0.1, 0.15) is 65.2 Å². The second kappa shape index (κ2) is 10.2. The van der Waals surface area contributed by atoms with Gasteiger partial charge in [-0.1, -0.05) is 44.8 Å². The maximum Gasteiger partial charge on any atom is 0.455 e. The number of hydroxylamine groups is 1. The van der Waals surface area contributed by atoms with Crippen LogP contribution in [0.5, 0.6) is 0 Å². The van der Waals surface area contributed by atoms with Crippen LogP contribution in [0, 0.1) is 16.5 Å². The molecule has 2 atom stereocenters. The molecule has 0 aromatic rings. The van der Waals surface area contributed by atoms with Crippen LogP contribution >= 0.6 is 11.9 Å². The highest BCUT2D eigenvalue weighted by Crippen LogP contribution is 2.46. The molecule has 8 heteroatoms. The second-order valence-electron chi connectivity index (χ2n) is 7.99. The Balaban J connectivity index is 1.51. The Hall–Kier alpha value is -0.990. The molecule has 0 radical (unpaired) electrons. The van der Waals surface area contributed by atoms with Crippen LogP contribution < -0.4 is 0 Å². The van der Waals surface area contributed by atoms with E-state index in [0.717, 1.165) is 44.9 Å². The summed E-state index contributed by atoms with van der Waals surface area (Å²) in [5.74, 6) is 0.203. The normalized spacial score (nSPS) is 24.3. The van der Waals surface area contributed by atoms with E-state index in [1.54, 1.807) is 0 Å². The maximum absolute atomic E-state index is 12.5. The van der Waals surface area contributed by atoms with Gasteiger partial charge in [0.2, 0.25) is 0 Å². The van der Waals surface area contributed by atoms with Crippen molar-refractivity contribution in [2.75, 3.05) is 13.2 Å². The minimum Gasteiger partial charge on any atom is -0.775 e. The van der Waals surface area contributed by atoms with Gasteiger partial charge in [0, 0.05) is 11.9 Å². The third-order valence-corrected chi connectivity index (χ3v) is 5.63. The molecular weight excluding hydrogens is 391 g/mol. The first-order valence-electron chi connectivity index (χ1n) is 9.89. The third kappa shape index (κ3) is 8.17. The topological polar surface area (TPSA) is 52.6 Å². The SMILES string of the molecule is CC1C=C2CC2=CC(C)(C(=O)OCCCCCCCCN([O-])SC(F)(F)F)C1. The Morgan fingerprint density at radius 1 is 1.25 bits per heavy atom. The van der Waals surface area contributed by atoms with Crippen LogP contribution in [-0.4, -0.2) is 29.1 Å². The fourth-order valence-corrected chi connectivity index (χ4v) is 4.12. The molecular formula is C20H29F3NO3S-. The van der Waals surface area contributed by atoms with Gasteiger partial charge in [-0.05, 0) is 56.2 Å². The molecule has 28 heavy (non-hydrogen) atoms. The monoisotopic (exact) mass is 420 g/mol. The zero-order chi connectivity index (χ0) is 20.8. The van der Waals surface area contributed by atoms with Crippen molar-refractivity contribution in [1.29, 1.82) is 0 Å². The van der Waals surface area contributed by atoms with Crippen LogP contribution in [0.25, 0.3) is 0 Å². The fraction of sp³-hybridized carbons (Fsp3) is 0.750. The Morgan fingerprint density at radius 2 is 1.89 bits per heavy atom. The molecule has 0 heterocycles. The van der Waals surface area contributed by atoms with Crippen molar-refractivity contribution < 1.29 is 22.7 Å². The predicted molar refractivity (Wildman–Crippen MR) is 105 cm³/mol. The van der Waals surface area contributed by atoms with E-state index in [1.165, 1.54) is 11.1 Å². The van der Waals surface area contributed by atoms with E-state index in [-0.39, 0.29) is 17.0 Å². The standard InChI is InChI=1S/C20H29F3NO3S/c1-15-11-16-12-17(16)14-19(2,13-15)18(25)27-10-8-6-4-3-5-7-9-24(26)28-20(21,22)23/h11,14-15H,3-10,12-13H2,1-2H3/q-1. The van der Waals surface area contributed by atoms with Crippen molar-refractivity contribution >= 4 is 17.9 Å². The molecule has 2 rings (SSSR count). The largest absolute Gasteiger partial charge is 0.775 e. The van der Waals surface area contributed by atoms with Gasteiger partial charge < -0.3 is 14.4 Å². The number of halogens is 3. The van der Waals surface area contributed by atoms with Gasteiger partial charge in [-0.3, -0.25) is 4.79 Å². The second-order valence-corrected chi connectivity index (χ2v) is 9.04. The van der Waals surface area contributed by atoms with E-state index in [9.17, 15) is 23.2 Å². The van der Waals surface area contributed by atoms with Crippen molar-refractivity contribution in [2.24, 2.45) is 11.3 Å². The fourth-order valence-electron chi connectivity index (χ4n) is 3.67. The van der Waals surface area contributed by atoms with Crippen molar-refractivity contribution in [3.8, 4) is 0 Å². The maximum atomic E-state index is 12.5. The number of esters is 1. The minimum absolute atomic E-state index is 0.0101. The molecule has 0 N–H and O–H groups in total. The molecule has 4 nitrogen and oxygen atoms in total. The lowest BCUT2D eigenvalue weighted by Gasteiger charge is -2.26. The molecule has 1 fully saturated rings. The van der Waals surface area contributed by atoms with E-state index in [4.69, 9.17) is 4.74 Å². The van der Waals surface area contributed by atoms with Gasteiger partial charge in [-0.15, -0.1) is 0 Å². The van der Waals surface area contributed by atoms with Gasteiger partial charge in [0.1, 0.15) is 0 Å². The lowest BCUT2D eigenvalue weighted by atomic mass is 9.81. The summed E-state index contributed by atoms with van der Waals surface area (Å²) in [6.07, 6.45) is 10.7. The van der Waals surface area contributed by atoms with Crippen molar-refractivity contribution in [3.63, 3.8) is 0 Å². The van der Waals surface area contributed by atoms with Crippen LogP contribution in [0.4, 0.5) is 13.2 Å². The molecule has 2 unspecified atom stereocenters. The van der Waals surface area contributed by atoms with Gasteiger partial charge in [-0.25, -0.2) is 0 Å². The first-order chi connectivity index (χ1) is 13.1. The third-order valence-electron chi connectivity index (χ3n) is 5.03. The molecule has 2 aliphatic carbocycles. The zero-order valence-electron chi connectivity index (χ0n) is 16.5. The summed E-state index contributed by atoms with van der Waals surface area (Å²) in [5.41, 5.74) is -2.43. The number of ether oxygens (including phenoxy) is 1. The molecule has 0 bridgehead atoms. The summed E-state index contributed by atoms with van der Waals surface area (Å²) in [7, 11) is 0. The number of carbonyl (C=O) groups is 1. The van der Waals surface area contributed by atoms with Crippen LogP contribution in [0.2, 0.25) is 0 Å². The van der Waals surface area contributed by atoms with Crippen molar-refractivity contribution in [3.05, 3.63) is 28.5 Å². The zero-order valence-corrected chi connectivity index (χ0v) is 17.3. The number of hydrogen-bond donors (Lipinski definition) is 0. The van der Waals surface area contributed by atoms with Crippen LogP contribution in [0.3, 0.4) is 0 Å². The molecule has 0 saturated heterocycles. The Labute approximate surface area is 169 Å². The highest BCUT2D eigenvalue weighted by Gasteiger charge is 2.39. The highest BCUT2D eigenvalue weighted by molar-refractivity contribution is 7.97. The Morgan fingerprint density at radius 3 is 2.57 bits per heavy atom. The Bertz CT molecular complexity index is 606. The summed E-state index contributed by atoms with van der Waals surface area (Å²) in [4.78, 5) is 12.5. The highest BCUT2D eigenvalue weighted by atomic mass is 32.2.